The van der Waals surface area contributed by atoms with E-state index in [1.54, 1.807) is 30.6 Å². The second-order valence-corrected chi connectivity index (χ2v) is 12.6. The van der Waals surface area contributed by atoms with Gasteiger partial charge in [-0.15, -0.1) is 5.53 Å². The summed E-state index contributed by atoms with van der Waals surface area (Å²) in [6, 6.07) is 9.87. The van der Waals surface area contributed by atoms with Crippen molar-refractivity contribution in [3.63, 3.8) is 0 Å². The molecule has 4 N–H and O–H groups in total. The molecule has 0 unspecified atom stereocenters. The number of nitrogens with one attached hydrogen (secondary N) is 4. The molecule has 8 nitrogen and oxygen atoms in total. The molecule has 0 radical (unpaired) electrons. The highest BCUT2D eigenvalue weighted by molar-refractivity contribution is 6.35. The number of rotatable bonds is 8. The largest absolute Gasteiger partial charge is 0.383 e. The van der Waals surface area contributed by atoms with Crippen LogP contribution in [0.3, 0.4) is 0 Å². The number of anilines is 2. The number of nitrogens with zero attached hydrogens (tertiary/aromatic N) is 4. The molecule has 2 aromatic heterocycles. The molecular formula is C31H30ClF3N8. The van der Waals surface area contributed by atoms with Gasteiger partial charge in [-0.2, -0.15) is 5.26 Å². The lowest BCUT2D eigenvalue weighted by Crippen LogP contribution is -2.48. The smallest absolute Gasteiger partial charge is 0.262 e. The lowest BCUT2D eigenvalue weighted by Gasteiger charge is -2.25. The number of alkyl halides is 2. The van der Waals surface area contributed by atoms with E-state index in [4.69, 9.17) is 11.6 Å². The van der Waals surface area contributed by atoms with E-state index >= 15 is 0 Å². The van der Waals surface area contributed by atoms with Crippen LogP contribution in [0.1, 0.15) is 50.8 Å². The molecule has 43 heavy (non-hydrogen) atoms. The van der Waals surface area contributed by atoms with Crippen LogP contribution in [0.15, 0.2) is 60.8 Å². The zero-order valence-corrected chi connectivity index (χ0v) is 24.5. The molecule has 6 rings (SSSR count). The van der Waals surface area contributed by atoms with Crippen molar-refractivity contribution >= 4 is 44.7 Å². The summed E-state index contributed by atoms with van der Waals surface area (Å²) in [5.74, 6) is -0.424. The van der Waals surface area contributed by atoms with Crippen LogP contribution >= 0.6 is 11.6 Å². The van der Waals surface area contributed by atoms with Crippen molar-refractivity contribution in [3.05, 3.63) is 82.8 Å². The molecule has 1 aliphatic carbocycles. The first-order valence-electron chi connectivity index (χ1n) is 13.9. The summed E-state index contributed by atoms with van der Waals surface area (Å²) in [5, 5.41) is 20.1. The van der Waals surface area contributed by atoms with E-state index in [0.717, 1.165) is 0 Å². The zero-order chi connectivity index (χ0) is 30.5. The molecule has 1 fully saturated rings. The number of hydrogen-bond acceptors (Lipinski definition) is 8. The number of benzene rings is 2. The van der Waals surface area contributed by atoms with Gasteiger partial charge in [-0.05, 0) is 53.5 Å². The number of aromatic nitrogens is 2. The fraction of sp³-hybridized carbons (Fsp3) is 0.323. The number of halogens is 4. The molecule has 12 heteroatoms. The maximum atomic E-state index is 14.8. The SMILES string of the molecule is CC(C)(C)CNc1c(C#N)cnc2c(Cl)cc(N[C@H](C3=CN(C4(C(F)F)CC4)NN3)c3ccc(F)c4cnccc34)cc12. The maximum Gasteiger partial charge on any atom is 0.262 e. The predicted molar refractivity (Wildman–Crippen MR) is 162 cm³/mol. The normalized spacial score (nSPS) is 16.6. The summed E-state index contributed by atoms with van der Waals surface area (Å²) < 4.78 is 42.7. The third kappa shape index (κ3) is 5.37. The number of pyridine rings is 2. The summed E-state index contributed by atoms with van der Waals surface area (Å²) in [7, 11) is 0. The Hall–Kier alpha value is -4.27. The second-order valence-electron chi connectivity index (χ2n) is 12.2. The third-order valence-corrected chi connectivity index (χ3v) is 8.10. The van der Waals surface area contributed by atoms with E-state index in [2.05, 4.69) is 58.4 Å². The molecule has 1 atom stereocenters. The molecule has 0 saturated heterocycles. The monoisotopic (exact) mass is 606 g/mol. The average molecular weight is 607 g/mol. The summed E-state index contributed by atoms with van der Waals surface area (Å²) in [6.45, 7) is 6.85. The summed E-state index contributed by atoms with van der Waals surface area (Å²) in [5.41, 5.74) is 7.92. The van der Waals surface area contributed by atoms with Crippen LogP contribution in [0, 0.1) is 22.6 Å². The number of hydrogen-bond donors (Lipinski definition) is 4. The standard InChI is InChI=1S/C31H30ClF3N8/c1-30(2,3)16-39-26-17(12-36)13-38-27-21(26)10-18(11-23(27)32)40-28(20-4-5-24(33)22-14-37-9-6-19(20)22)25-15-43(42-41-25)31(7-8-31)29(34)35/h4-6,9-11,13-15,28-29,40-42H,7-8,16H2,1-3H3,(H,38,39)/t28-/m0/s1. The molecule has 0 spiro atoms. The predicted octanol–water partition coefficient (Wildman–Crippen LogP) is 7.02. The molecule has 0 amide bonds. The minimum Gasteiger partial charge on any atom is -0.383 e. The van der Waals surface area contributed by atoms with Crippen molar-refractivity contribution in [2.24, 2.45) is 5.41 Å². The van der Waals surface area contributed by atoms with Gasteiger partial charge in [0.2, 0.25) is 0 Å². The molecule has 0 bridgehead atoms. The minimum atomic E-state index is -2.54. The van der Waals surface area contributed by atoms with Gasteiger partial charge in [0.1, 0.15) is 17.4 Å². The Labute approximate surface area is 251 Å². The Balaban J connectivity index is 1.47. The van der Waals surface area contributed by atoms with E-state index < -0.39 is 23.8 Å². The highest BCUT2D eigenvalue weighted by atomic mass is 35.5. The van der Waals surface area contributed by atoms with E-state index in [1.807, 2.05) is 6.07 Å². The van der Waals surface area contributed by atoms with Crippen molar-refractivity contribution in [1.29, 1.82) is 5.26 Å². The van der Waals surface area contributed by atoms with Crippen molar-refractivity contribution in [2.75, 3.05) is 17.2 Å². The van der Waals surface area contributed by atoms with Crippen molar-refractivity contribution in [1.82, 2.24) is 25.9 Å². The quantitative estimate of drug-likeness (QED) is 0.170. The maximum absolute atomic E-state index is 14.8. The first-order chi connectivity index (χ1) is 20.5. The number of fused-ring (bicyclic) bond motifs is 2. The summed E-state index contributed by atoms with van der Waals surface area (Å²) >= 11 is 6.75. The van der Waals surface area contributed by atoms with Crippen LogP contribution in [-0.2, 0) is 0 Å². The molecule has 2 aromatic carbocycles. The topological polar surface area (TPSA) is 101 Å². The van der Waals surface area contributed by atoms with Crippen molar-refractivity contribution < 1.29 is 13.2 Å². The fourth-order valence-electron chi connectivity index (χ4n) is 5.30. The van der Waals surface area contributed by atoms with Gasteiger partial charge in [0.05, 0.1) is 33.5 Å². The van der Waals surface area contributed by atoms with Crippen LogP contribution in [0.25, 0.3) is 21.7 Å². The first kappa shape index (κ1) is 28.8. The third-order valence-electron chi connectivity index (χ3n) is 7.81. The Morgan fingerprint density at radius 1 is 1.14 bits per heavy atom. The zero-order valence-electron chi connectivity index (χ0n) is 23.8. The van der Waals surface area contributed by atoms with Crippen LogP contribution in [-0.4, -0.2) is 33.5 Å². The van der Waals surface area contributed by atoms with Gasteiger partial charge >= 0.3 is 0 Å². The second kappa shape index (κ2) is 10.8. The van der Waals surface area contributed by atoms with Gasteiger partial charge in [-0.3, -0.25) is 15.0 Å². The van der Waals surface area contributed by atoms with Crippen LogP contribution in [0.5, 0.6) is 0 Å². The van der Waals surface area contributed by atoms with Gasteiger partial charge in [0, 0.05) is 47.8 Å². The molecule has 3 heterocycles. The highest BCUT2D eigenvalue weighted by Crippen LogP contribution is 2.47. The Morgan fingerprint density at radius 2 is 1.93 bits per heavy atom. The van der Waals surface area contributed by atoms with Gasteiger partial charge in [-0.1, -0.05) is 38.4 Å². The Kier molecular flexibility index (Phi) is 7.22. The Morgan fingerprint density at radius 3 is 2.63 bits per heavy atom. The van der Waals surface area contributed by atoms with Crippen LogP contribution in [0.2, 0.25) is 5.02 Å². The summed E-state index contributed by atoms with van der Waals surface area (Å²) in [4.78, 5) is 8.52. The molecule has 2 aliphatic rings. The van der Waals surface area contributed by atoms with Crippen molar-refractivity contribution in [2.45, 2.75) is 51.6 Å². The van der Waals surface area contributed by atoms with E-state index in [9.17, 15) is 18.4 Å². The molecule has 1 aliphatic heterocycles. The average Bonchev–Trinajstić information content (AvgIpc) is 3.65. The van der Waals surface area contributed by atoms with Gasteiger partial charge in [0.25, 0.3) is 6.43 Å². The highest BCUT2D eigenvalue weighted by Gasteiger charge is 2.56. The Bertz CT molecular complexity index is 1790. The minimum absolute atomic E-state index is 0.0673. The van der Waals surface area contributed by atoms with Crippen molar-refractivity contribution in [3.8, 4) is 6.07 Å². The lowest BCUT2D eigenvalue weighted by molar-refractivity contribution is 0.00911. The number of hydrazine groups is 2. The molecule has 4 aromatic rings. The van der Waals surface area contributed by atoms with E-state index in [0.29, 0.717) is 74.3 Å². The van der Waals surface area contributed by atoms with E-state index in [1.165, 1.54) is 23.5 Å². The number of nitriles is 1. The summed E-state index contributed by atoms with van der Waals surface area (Å²) in [6.07, 6.45) is 4.32. The fourth-order valence-corrected chi connectivity index (χ4v) is 5.57. The van der Waals surface area contributed by atoms with Gasteiger partial charge in [0.15, 0.2) is 0 Å². The van der Waals surface area contributed by atoms with Gasteiger partial charge < -0.3 is 16.1 Å². The van der Waals surface area contributed by atoms with Crippen LogP contribution in [0.4, 0.5) is 24.5 Å². The first-order valence-corrected chi connectivity index (χ1v) is 14.2. The molecule has 222 valence electrons. The van der Waals surface area contributed by atoms with Crippen LogP contribution < -0.4 is 21.6 Å². The molecule has 1 saturated carbocycles. The molecular weight excluding hydrogens is 577 g/mol. The van der Waals surface area contributed by atoms with E-state index in [-0.39, 0.29) is 5.41 Å². The lowest BCUT2D eigenvalue weighted by atomic mass is 9.96. The van der Waals surface area contributed by atoms with Gasteiger partial charge in [-0.25, -0.2) is 13.2 Å².